The van der Waals surface area contributed by atoms with Gasteiger partial charge < -0.3 is 9.47 Å². The number of rotatable bonds is 5. The minimum atomic E-state index is -0.0880. The van der Waals surface area contributed by atoms with Crippen LogP contribution in [0.15, 0.2) is 0 Å². The van der Waals surface area contributed by atoms with Crippen molar-refractivity contribution in [2.24, 2.45) is 0 Å². The smallest absolute Gasteiger partial charge is 0.155 e. The fourth-order valence-corrected chi connectivity index (χ4v) is 0.801. The maximum Gasteiger partial charge on any atom is 0.155 e. The zero-order valence-electron chi connectivity index (χ0n) is 8.31. The largest absolute Gasteiger partial charge is 0.353 e. The summed E-state index contributed by atoms with van der Waals surface area (Å²) in [6.07, 6.45) is 0.916. The monoisotopic (exact) mass is 160 g/mol. The van der Waals surface area contributed by atoms with Crippen LogP contribution in [-0.4, -0.2) is 18.5 Å². The van der Waals surface area contributed by atoms with Crippen molar-refractivity contribution in [3.63, 3.8) is 0 Å². The van der Waals surface area contributed by atoms with Crippen LogP contribution in [-0.2, 0) is 9.47 Å². The first-order valence-electron chi connectivity index (χ1n) is 4.31. The maximum atomic E-state index is 5.61. The van der Waals surface area contributed by atoms with Crippen molar-refractivity contribution in [1.29, 1.82) is 0 Å². The minimum absolute atomic E-state index is 0.0609. The van der Waals surface area contributed by atoms with E-state index in [0.717, 1.165) is 6.42 Å². The van der Waals surface area contributed by atoms with Crippen molar-refractivity contribution in [2.45, 2.75) is 52.9 Å². The molecular weight excluding hydrogens is 140 g/mol. The SMILES string of the molecule is CCOC(C)OC(C)(C)CC. The van der Waals surface area contributed by atoms with Crippen LogP contribution in [0.25, 0.3) is 0 Å². The van der Waals surface area contributed by atoms with E-state index in [2.05, 4.69) is 20.8 Å². The zero-order valence-corrected chi connectivity index (χ0v) is 8.31. The molecule has 0 fully saturated rings. The quantitative estimate of drug-likeness (QED) is 0.575. The van der Waals surface area contributed by atoms with E-state index in [4.69, 9.17) is 9.47 Å². The molecule has 0 aromatic heterocycles. The highest BCUT2D eigenvalue weighted by Gasteiger charge is 2.18. The van der Waals surface area contributed by atoms with E-state index >= 15 is 0 Å². The minimum Gasteiger partial charge on any atom is -0.353 e. The summed E-state index contributed by atoms with van der Waals surface area (Å²) in [6, 6.07) is 0. The lowest BCUT2D eigenvalue weighted by Gasteiger charge is -2.27. The van der Waals surface area contributed by atoms with Gasteiger partial charge >= 0.3 is 0 Å². The Morgan fingerprint density at radius 2 is 1.82 bits per heavy atom. The van der Waals surface area contributed by atoms with E-state index in [9.17, 15) is 0 Å². The molecule has 0 aliphatic carbocycles. The van der Waals surface area contributed by atoms with Crippen LogP contribution in [0.1, 0.15) is 41.0 Å². The molecule has 0 rings (SSSR count). The van der Waals surface area contributed by atoms with Gasteiger partial charge in [0.25, 0.3) is 0 Å². The lowest BCUT2D eigenvalue weighted by atomic mass is 10.1. The van der Waals surface area contributed by atoms with Crippen LogP contribution in [0, 0.1) is 0 Å². The molecule has 0 heterocycles. The van der Waals surface area contributed by atoms with E-state index in [1.807, 2.05) is 13.8 Å². The van der Waals surface area contributed by atoms with E-state index in [1.165, 1.54) is 0 Å². The Balaban J connectivity index is 3.64. The van der Waals surface area contributed by atoms with Gasteiger partial charge in [-0.1, -0.05) is 6.92 Å². The van der Waals surface area contributed by atoms with Gasteiger partial charge in [0.15, 0.2) is 6.29 Å². The van der Waals surface area contributed by atoms with Gasteiger partial charge in [0, 0.05) is 6.61 Å². The molecular formula is C9H20O2. The predicted octanol–water partition coefficient (Wildman–Crippen LogP) is 2.57. The summed E-state index contributed by atoms with van der Waals surface area (Å²) in [6.45, 7) is 10.9. The Bertz CT molecular complexity index is 99.7. The highest BCUT2D eigenvalue weighted by molar-refractivity contribution is 4.65. The number of ether oxygens (including phenoxy) is 2. The molecule has 0 radical (unpaired) electrons. The lowest BCUT2D eigenvalue weighted by Crippen LogP contribution is -2.29. The van der Waals surface area contributed by atoms with Gasteiger partial charge in [-0.3, -0.25) is 0 Å². The molecule has 0 aliphatic heterocycles. The highest BCUT2D eigenvalue weighted by atomic mass is 16.7. The number of hydrogen-bond acceptors (Lipinski definition) is 2. The molecule has 2 heteroatoms. The average molecular weight is 160 g/mol. The fourth-order valence-electron chi connectivity index (χ4n) is 0.801. The third-order valence-electron chi connectivity index (χ3n) is 1.74. The van der Waals surface area contributed by atoms with E-state index < -0.39 is 0 Å². The van der Waals surface area contributed by atoms with Gasteiger partial charge in [-0.2, -0.15) is 0 Å². The Morgan fingerprint density at radius 1 is 1.27 bits per heavy atom. The molecule has 0 saturated heterocycles. The van der Waals surface area contributed by atoms with Crippen molar-refractivity contribution in [2.75, 3.05) is 6.61 Å². The van der Waals surface area contributed by atoms with Crippen molar-refractivity contribution in [1.82, 2.24) is 0 Å². The summed E-state index contributed by atoms with van der Waals surface area (Å²) in [4.78, 5) is 0. The summed E-state index contributed by atoms with van der Waals surface area (Å²) >= 11 is 0. The zero-order chi connectivity index (χ0) is 8.91. The van der Waals surface area contributed by atoms with Gasteiger partial charge in [0.05, 0.1) is 5.60 Å². The van der Waals surface area contributed by atoms with E-state index in [1.54, 1.807) is 0 Å². The summed E-state index contributed by atoms with van der Waals surface area (Å²) in [5.41, 5.74) is -0.0609. The van der Waals surface area contributed by atoms with E-state index in [-0.39, 0.29) is 11.9 Å². The topological polar surface area (TPSA) is 18.5 Å². The summed E-state index contributed by atoms with van der Waals surface area (Å²) < 4.78 is 10.9. The van der Waals surface area contributed by atoms with Crippen molar-refractivity contribution in [3.8, 4) is 0 Å². The molecule has 11 heavy (non-hydrogen) atoms. The second kappa shape index (κ2) is 4.73. The molecule has 0 bridgehead atoms. The first-order chi connectivity index (χ1) is 5.02. The second-order valence-corrected chi connectivity index (χ2v) is 3.25. The Morgan fingerprint density at radius 3 is 2.18 bits per heavy atom. The van der Waals surface area contributed by atoms with Crippen LogP contribution < -0.4 is 0 Å². The third-order valence-corrected chi connectivity index (χ3v) is 1.74. The standard InChI is InChI=1S/C9H20O2/c1-6-9(4,5)11-8(3)10-7-2/h8H,6-7H2,1-5H3. The predicted molar refractivity (Wildman–Crippen MR) is 46.5 cm³/mol. The van der Waals surface area contributed by atoms with Gasteiger partial charge in [-0.05, 0) is 34.1 Å². The van der Waals surface area contributed by atoms with Gasteiger partial charge in [0.1, 0.15) is 0 Å². The first kappa shape index (κ1) is 10.9. The molecule has 1 atom stereocenters. The molecule has 0 aromatic carbocycles. The fraction of sp³-hybridized carbons (Fsp3) is 1.00. The second-order valence-electron chi connectivity index (χ2n) is 3.25. The third kappa shape index (κ3) is 5.22. The number of hydrogen-bond donors (Lipinski definition) is 0. The first-order valence-corrected chi connectivity index (χ1v) is 4.31. The summed E-state index contributed by atoms with van der Waals surface area (Å²) in [5.74, 6) is 0. The molecule has 68 valence electrons. The Hall–Kier alpha value is -0.0800. The van der Waals surface area contributed by atoms with E-state index in [0.29, 0.717) is 6.61 Å². The van der Waals surface area contributed by atoms with Gasteiger partial charge in [-0.15, -0.1) is 0 Å². The van der Waals surface area contributed by atoms with Crippen LogP contribution in [0.2, 0.25) is 0 Å². The average Bonchev–Trinajstić information content (AvgIpc) is 1.87. The molecule has 0 amide bonds. The summed E-state index contributed by atoms with van der Waals surface area (Å²) in [5, 5.41) is 0. The van der Waals surface area contributed by atoms with Crippen molar-refractivity contribution in [3.05, 3.63) is 0 Å². The van der Waals surface area contributed by atoms with Crippen LogP contribution in [0.5, 0.6) is 0 Å². The van der Waals surface area contributed by atoms with Crippen LogP contribution in [0.4, 0.5) is 0 Å². The Kier molecular flexibility index (Phi) is 4.69. The van der Waals surface area contributed by atoms with Crippen LogP contribution in [0.3, 0.4) is 0 Å². The molecule has 0 aromatic rings. The van der Waals surface area contributed by atoms with Crippen molar-refractivity contribution < 1.29 is 9.47 Å². The Labute approximate surface area is 69.9 Å². The normalized spacial score (nSPS) is 15.0. The summed E-state index contributed by atoms with van der Waals surface area (Å²) in [7, 11) is 0. The lowest BCUT2D eigenvalue weighted by molar-refractivity contribution is -0.189. The van der Waals surface area contributed by atoms with Gasteiger partial charge in [-0.25, -0.2) is 0 Å². The van der Waals surface area contributed by atoms with Crippen molar-refractivity contribution >= 4 is 0 Å². The molecule has 0 spiro atoms. The maximum absolute atomic E-state index is 5.61. The van der Waals surface area contributed by atoms with Gasteiger partial charge in [0.2, 0.25) is 0 Å². The molecule has 0 N–H and O–H groups in total. The molecule has 1 unspecified atom stereocenters. The van der Waals surface area contributed by atoms with Crippen LogP contribution >= 0.6 is 0 Å². The molecule has 0 saturated carbocycles. The molecule has 2 nitrogen and oxygen atoms in total. The highest BCUT2D eigenvalue weighted by Crippen LogP contribution is 2.16. The molecule has 0 aliphatic rings.